The second-order valence-corrected chi connectivity index (χ2v) is 15.7. The number of hydrogen-bond donors (Lipinski definition) is 4. The summed E-state index contributed by atoms with van der Waals surface area (Å²) in [7, 11) is 0. The van der Waals surface area contributed by atoms with Gasteiger partial charge in [-0.05, 0) is 80.8 Å². The number of morpholine rings is 1. The van der Waals surface area contributed by atoms with E-state index in [9.17, 15) is 9.50 Å². The molecule has 0 radical (unpaired) electrons. The third-order valence-corrected chi connectivity index (χ3v) is 12.0. The highest BCUT2D eigenvalue weighted by Crippen LogP contribution is 2.46. The molecule has 0 aliphatic carbocycles. The number of ether oxygens (including phenoxy) is 2. The van der Waals surface area contributed by atoms with Gasteiger partial charge in [-0.1, -0.05) is 0 Å². The van der Waals surface area contributed by atoms with Gasteiger partial charge in [-0.15, -0.1) is 0 Å². The molecule has 14 nitrogen and oxygen atoms in total. The molecule has 3 saturated heterocycles. The molecule has 3 fully saturated rings. The first-order chi connectivity index (χ1) is 28.3. The van der Waals surface area contributed by atoms with Gasteiger partial charge < -0.3 is 29.4 Å². The highest BCUT2D eigenvalue weighted by atomic mass is 19.1. The highest BCUT2D eigenvalue weighted by Gasteiger charge is 2.46. The van der Waals surface area contributed by atoms with Gasteiger partial charge >= 0.3 is 0 Å². The lowest BCUT2D eigenvalue weighted by molar-refractivity contribution is -0.114. The number of nitrogens with zero attached hydrogens (tertiary/aromatic N) is 8. The van der Waals surface area contributed by atoms with Gasteiger partial charge in [0.1, 0.15) is 17.5 Å². The van der Waals surface area contributed by atoms with Crippen molar-refractivity contribution in [3.8, 4) is 17.2 Å². The Bertz CT molecular complexity index is 2930. The van der Waals surface area contributed by atoms with E-state index in [0.29, 0.717) is 31.9 Å². The van der Waals surface area contributed by atoms with Crippen molar-refractivity contribution in [1.29, 1.82) is 0 Å². The molecule has 0 spiro atoms. The van der Waals surface area contributed by atoms with Crippen molar-refractivity contribution < 1.29 is 19.0 Å². The maximum Gasteiger partial charge on any atom is 0.167 e. The van der Waals surface area contributed by atoms with Crippen LogP contribution in [0.4, 0.5) is 10.2 Å². The molecule has 10 heterocycles. The van der Waals surface area contributed by atoms with E-state index < -0.39 is 5.60 Å². The average Bonchev–Trinajstić information content (AvgIpc) is 4.09. The van der Waals surface area contributed by atoms with Crippen LogP contribution in [0.15, 0.2) is 79.4 Å². The molecule has 292 valence electrons. The third-order valence-electron chi connectivity index (χ3n) is 12.0. The molecule has 0 amide bonds. The summed E-state index contributed by atoms with van der Waals surface area (Å²) < 4.78 is 27.3. The van der Waals surface area contributed by atoms with E-state index in [0.717, 1.165) is 103 Å². The Morgan fingerprint density at radius 2 is 1.67 bits per heavy atom. The number of hydrogen-bond acceptors (Lipinski definition) is 10. The predicted molar refractivity (Wildman–Crippen MR) is 218 cm³/mol. The van der Waals surface area contributed by atoms with Crippen molar-refractivity contribution in [2.45, 2.75) is 63.4 Å². The predicted octanol–water partition coefficient (Wildman–Crippen LogP) is 7.15. The molecule has 58 heavy (non-hydrogen) atoms. The average molecular weight is 778 g/mol. The molecule has 3 aliphatic heterocycles. The molecule has 2 bridgehead atoms. The van der Waals surface area contributed by atoms with Crippen molar-refractivity contribution in [2.24, 2.45) is 0 Å². The van der Waals surface area contributed by atoms with Crippen LogP contribution in [0.25, 0.3) is 72.0 Å². The number of pyridine rings is 3. The first kappa shape index (κ1) is 34.9. The van der Waals surface area contributed by atoms with E-state index in [4.69, 9.17) is 19.4 Å². The Hall–Kier alpha value is -6.29. The number of imidazole rings is 1. The fraction of sp³-hybridized carbons (Fsp3) is 0.302. The van der Waals surface area contributed by atoms with Gasteiger partial charge in [-0.25, -0.2) is 14.4 Å². The molecule has 7 aromatic heterocycles. The molecule has 3 unspecified atom stereocenters. The van der Waals surface area contributed by atoms with Crippen molar-refractivity contribution in [2.75, 3.05) is 24.7 Å². The molecule has 3 aliphatic rings. The molecule has 0 saturated carbocycles. The quantitative estimate of drug-likeness (QED) is 0.135. The number of aryl methyl sites for hydroxylation is 1. The number of aliphatic hydroxyl groups is 1. The second kappa shape index (κ2) is 13.4. The van der Waals surface area contributed by atoms with Crippen LogP contribution in [-0.2, 0) is 15.1 Å². The molecule has 9 aromatic rings. The van der Waals surface area contributed by atoms with Gasteiger partial charge in [0.05, 0.1) is 71.5 Å². The molecule has 3 atom stereocenters. The number of fused-ring (bicyclic) bond motifs is 10. The summed E-state index contributed by atoms with van der Waals surface area (Å²) >= 11 is 0. The van der Waals surface area contributed by atoms with Gasteiger partial charge in [0.25, 0.3) is 0 Å². The van der Waals surface area contributed by atoms with Crippen LogP contribution >= 0.6 is 0 Å². The first-order valence-electron chi connectivity index (χ1n) is 19.7. The summed E-state index contributed by atoms with van der Waals surface area (Å²) in [4.78, 5) is 28.0. The summed E-state index contributed by atoms with van der Waals surface area (Å²) in [5.41, 5.74) is 6.76. The van der Waals surface area contributed by atoms with Crippen LogP contribution in [0.1, 0.15) is 43.9 Å². The molecular formula is C43H40FN11O3. The lowest BCUT2D eigenvalue weighted by Crippen LogP contribution is -2.44. The van der Waals surface area contributed by atoms with Crippen LogP contribution in [0, 0.1) is 12.7 Å². The smallest absolute Gasteiger partial charge is 0.167 e. The summed E-state index contributed by atoms with van der Waals surface area (Å²) in [5, 5.41) is 27.0. The van der Waals surface area contributed by atoms with E-state index in [-0.39, 0.29) is 24.1 Å². The number of H-pyrrole nitrogens is 3. The lowest BCUT2D eigenvalue weighted by atomic mass is 9.82. The number of halogens is 1. The van der Waals surface area contributed by atoms with E-state index in [2.05, 4.69) is 53.1 Å². The van der Waals surface area contributed by atoms with Gasteiger partial charge in [0.2, 0.25) is 0 Å². The molecule has 15 heteroatoms. The second-order valence-electron chi connectivity index (χ2n) is 15.7. The lowest BCUT2D eigenvalue weighted by Gasteiger charge is -2.39. The highest BCUT2D eigenvalue weighted by molar-refractivity contribution is 6.21. The minimum atomic E-state index is -0.947. The summed E-state index contributed by atoms with van der Waals surface area (Å²) in [6, 6.07) is 16.7. The maximum atomic E-state index is 13.9. The van der Waals surface area contributed by atoms with Crippen molar-refractivity contribution in [3.63, 3.8) is 0 Å². The third kappa shape index (κ3) is 5.63. The molecular weight excluding hydrogens is 738 g/mol. The standard InChI is InChI=1S/C22H14FN5.C21H26N6O3/c1-11-17(15-10-12(23)6-7-16(15)26-11)22-27-20-13-4-2-8-24-18(13)19-14(21(20)28-22)5-3-9-25-19;1-13-12-29-7-6-26(13)19-8-17(21(28)9-14-2-3-15(10-21)30-14)16-11-23-27(20(16)24-19)18-4-5-22-25-18/h2-10,26H,1H3,(H,27,28);4-5,8,11,13-15,28H,2-3,6-7,9-10,12H2,1H3,(H,22,25). The monoisotopic (exact) mass is 777 g/mol. The van der Waals surface area contributed by atoms with Crippen molar-refractivity contribution in [1.82, 2.24) is 49.9 Å². The first-order valence-corrected chi connectivity index (χ1v) is 19.7. The zero-order chi connectivity index (χ0) is 39.1. The van der Waals surface area contributed by atoms with Crippen molar-refractivity contribution in [3.05, 3.63) is 96.5 Å². The number of aromatic nitrogens is 10. The van der Waals surface area contributed by atoms with Gasteiger partial charge in [0.15, 0.2) is 11.5 Å². The van der Waals surface area contributed by atoms with E-state index in [1.54, 1.807) is 41.6 Å². The van der Waals surface area contributed by atoms with Crippen LogP contribution in [-0.4, -0.2) is 93.0 Å². The zero-order valence-electron chi connectivity index (χ0n) is 31.9. The summed E-state index contributed by atoms with van der Waals surface area (Å²) in [6.45, 7) is 6.21. The van der Waals surface area contributed by atoms with Gasteiger partial charge in [0, 0.05) is 76.2 Å². The Morgan fingerprint density at radius 3 is 2.45 bits per heavy atom. The maximum absolute atomic E-state index is 13.9. The van der Waals surface area contributed by atoms with Crippen LogP contribution < -0.4 is 4.90 Å². The van der Waals surface area contributed by atoms with Crippen LogP contribution in [0.3, 0.4) is 0 Å². The summed E-state index contributed by atoms with van der Waals surface area (Å²) in [6.07, 6.45) is 10.5. The van der Waals surface area contributed by atoms with E-state index in [1.165, 1.54) is 6.07 Å². The Morgan fingerprint density at radius 1 is 0.879 bits per heavy atom. The minimum Gasteiger partial charge on any atom is -0.385 e. The Labute approximate surface area is 330 Å². The minimum absolute atomic E-state index is 0.116. The van der Waals surface area contributed by atoms with Crippen LogP contribution in [0.5, 0.6) is 0 Å². The number of nitrogens with one attached hydrogen (secondary N) is 3. The van der Waals surface area contributed by atoms with E-state index >= 15 is 0 Å². The van der Waals surface area contributed by atoms with Gasteiger partial charge in [-0.2, -0.15) is 14.9 Å². The normalized spacial score (nSPS) is 22.1. The Balaban J connectivity index is 0.000000133. The largest absolute Gasteiger partial charge is 0.385 e. The zero-order valence-corrected chi connectivity index (χ0v) is 31.9. The SMILES string of the molecule is CC1COCCN1c1cc(C2(O)CC3CCC(C2)O3)c2cnn(-c3ccn[nH]3)c2n1.Cc1[nH]c2ccc(F)cc2c1-c1nc2c3cccnc3c3ncccc3c2[nH]1. The van der Waals surface area contributed by atoms with Crippen LogP contribution in [0.2, 0.25) is 0 Å². The molecule has 12 rings (SSSR count). The number of benzene rings is 2. The topological polar surface area (TPSA) is 172 Å². The van der Waals surface area contributed by atoms with E-state index in [1.807, 2.05) is 37.3 Å². The number of anilines is 1. The number of aromatic amines is 3. The van der Waals surface area contributed by atoms with Gasteiger partial charge in [-0.3, -0.25) is 15.1 Å². The fourth-order valence-electron chi connectivity index (χ4n) is 9.33. The molecule has 4 N–H and O–H groups in total. The van der Waals surface area contributed by atoms with Crippen molar-refractivity contribution >= 4 is 60.6 Å². The number of rotatable bonds is 4. The summed E-state index contributed by atoms with van der Waals surface area (Å²) in [5.74, 6) is 2.02. The Kier molecular flexibility index (Phi) is 8.07. The fourth-order valence-corrected chi connectivity index (χ4v) is 9.33. The molecule has 2 aromatic carbocycles.